The van der Waals surface area contributed by atoms with E-state index in [9.17, 15) is 0 Å². The minimum Gasteiger partial charge on any atom is -0.489 e. The van der Waals surface area contributed by atoms with Crippen molar-refractivity contribution in [2.45, 2.75) is 13.2 Å². The van der Waals surface area contributed by atoms with Gasteiger partial charge in [-0.1, -0.05) is 24.3 Å². The molecule has 4 heteroatoms. The van der Waals surface area contributed by atoms with Crippen molar-refractivity contribution in [1.29, 1.82) is 10.5 Å². The Kier molecular flexibility index (Phi) is 5.50. The highest BCUT2D eigenvalue weighted by molar-refractivity contribution is 5.34. The molecule has 3 aromatic carbocycles. The van der Waals surface area contributed by atoms with Crippen LogP contribution >= 0.6 is 0 Å². The number of ether oxygens (including phenoxy) is 2. The second-order valence-corrected chi connectivity index (χ2v) is 5.67. The molecule has 0 aliphatic carbocycles. The van der Waals surface area contributed by atoms with E-state index < -0.39 is 0 Å². The van der Waals surface area contributed by atoms with Gasteiger partial charge < -0.3 is 9.47 Å². The lowest BCUT2D eigenvalue weighted by atomic mass is 10.1. The largest absolute Gasteiger partial charge is 0.489 e. The summed E-state index contributed by atoms with van der Waals surface area (Å²) in [5, 5.41) is 17.6. The van der Waals surface area contributed by atoms with Crippen LogP contribution in [0.1, 0.15) is 22.3 Å². The predicted octanol–water partition coefficient (Wildman–Crippen LogP) is 4.59. The first-order chi connectivity index (χ1) is 12.8. The van der Waals surface area contributed by atoms with E-state index in [2.05, 4.69) is 12.1 Å². The number of nitrogens with zero attached hydrogens (tertiary/aromatic N) is 2. The van der Waals surface area contributed by atoms with Gasteiger partial charge in [0.1, 0.15) is 24.7 Å². The Hall–Kier alpha value is -3.76. The van der Waals surface area contributed by atoms with E-state index >= 15 is 0 Å². The number of rotatable bonds is 6. The maximum atomic E-state index is 8.80. The Bertz CT molecular complexity index is 851. The van der Waals surface area contributed by atoms with Crippen LogP contribution in [0.15, 0.2) is 72.8 Å². The summed E-state index contributed by atoms with van der Waals surface area (Å²) in [4.78, 5) is 0. The van der Waals surface area contributed by atoms with Crippen molar-refractivity contribution in [2.24, 2.45) is 0 Å². The van der Waals surface area contributed by atoms with Crippen LogP contribution in [0.2, 0.25) is 0 Å². The highest BCUT2D eigenvalue weighted by Crippen LogP contribution is 2.20. The number of benzene rings is 3. The molecular weight excluding hydrogens is 324 g/mol. The van der Waals surface area contributed by atoms with Crippen molar-refractivity contribution < 1.29 is 9.47 Å². The summed E-state index contributed by atoms with van der Waals surface area (Å²) in [6, 6.07) is 26.3. The van der Waals surface area contributed by atoms with E-state index in [0.29, 0.717) is 24.3 Å². The van der Waals surface area contributed by atoms with Crippen LogP contribution in [-0.4, -0.2) is 0 Å². The Morgan fingerprint density at radius 3 is 1.19 bits per heavy atom. The normalized spacial score (nSPS) is 9.77. The molecule has 0 bridgehead atoms. The quantitative estimate of drug-likeness (QED) is 0.658. The van der Waals surface area contributed by atoms with Gasteiger partial charge in [-0.3, -0.25) is 0 Å². The Balaban J connectivity index is 1.51. The van der Waals surface area contributed by atoms with Crippen LogP contribution in [0.25, 0.3) is 0 Å². The van der Waals surface area contributed by atoms with Gasteiger partial charge in [0, 0.05) is 0 Å². The summed E-state index contributed by atoms with van der Waals surface area (Å²) in [5.41, 5.74) is 3.28. The predicted molar refractivity (Wildman–Crippen MR) is 97.4 cm³/mol. The number of hydrogen-bond acceptors (Lipinski definition) is 4. The van der Waals surface area contributed by atoms with Crippen molar-refractivity contribution in [3.8, 4) is 23.6 Å². The fourth-order valence-corrected chi connectivity index (χ4v) is 2.32. The molecule has 3 rings (SSSR count). The van der Waals surface area contributed by atoms with Crippen molar-refractivity contribution in [2.75, 3.05) is 0 Å². The zero-order chi connectivity index (χ0) is 18.2. The van der Waals surface area contributed by atoms with E-state index in [4.69, 9.17) is 20.0 Å². The highest BCUT2D eigenvalue weighted by atomic mass is 16.5. The van der Waals surface area contributed by atoms with Crippen LogP contribution < -0.4 is 9.47 Å². The van der Waals surface area contributed by atoms with E-state index in [1.54, 1.807) is 24.3 Å². The van der Waals surface area contributed by atoms with E-state index in [1.807, 2.05) is 48.5 Å². The van der Waals surface area contributed by atoms with Gasteiger partial charge in [-0.05, 0) is 59.7 Å². The van der Waals surface area contributed by atoms with Crippen molar-refractivity contribution >= 4 is 0 Å². The van der Waals surface area contributed by atoms with Crippen LogP contribution in [0.3, 0.4) is 0 Å². The van der Waals surface area contributed by atoms with Gasteiger partial charge in [-0.25, -0.2) is 0 Å². The summed E-state index contributed by atoms with van der Waals surface area (Å²) in [7, 11) is 0. The summed E-state index contributed by atoms with van der Waals surface area (Å²) in [5.74, 6) is 1.50. The highest BCUT2D eigenvalue weighted by Gasteiger charge is 2.00. The van der Waals surface area contributed by atoms with Gasteiger partial charge >= 0.3 is 0 Å². The van der Waals surface area contributed by atoms with Crippen LogP contribution in [0.5, 0.6) is 11.5 Å². The van der Waals surface area contributed by atoms with Gasteiger partial charge in [-0.2, -0.15) is 10.5 Å². The number of nitriles is 2. The third kappa shape index (κ3) is 4.63. The molecule has 0 spiro atoms. The average Bonchev–Trinajstić information content (AvgIpc) is 2.72. The molecule has 0 atom stereocenters. The molecule has 126 valence electrons. The topological polar surface area (TPSA) is 66.0 Å². The van der Waals surface area contributed by atoms with Crippen LogP contribution in [-0.2, 0) is 13.2 Å². The first kappa shape index (κ1) is 17.1. The van der Waals surface area contributed by atoms with Gasteiger partial charge in [0.25, 0.3) is 0 Å². The molecule has 0 heterocycles. The van der Waals surface area contributed by atoms with Gasteiger partial charge in [0.15, 0.2) is 0 Å². The SMILES string of the molecule is N#Cc1ccc(COc2ccc(OCc3ccc(C#N)cc3)cc2)cc1. The molecule has 0 aliphatic heterocycles. The lowest BCUT2D eigenvalue weighted by Crippen LogP contribution is -1.97. The van der Waals surface area contributed by atoms with E-state index in [0.717, 1.165) is 22.6 Å². The fraction of sp³-hybridized carbons (Fsp3) is 0.0909. The Labute approximate surface area is 152 Å². The maximum absolute atomic E-state index is 8.80. The molecular formula is C22H16N2O2. The summed E-state index contributed by atoms with van der Waals surface area (Å²) < 4.78 is 11.5. The third-order valence-electron chi connectivity index (χ3n) is 3.80. The lowest BCUT2D eigenvalue weighted by molar-refractivity contribution is 0.297. The zero-order valence-electron chi connectivity index (χ0n) is 14.1. The molecule has 0 fully saturated rings. The molecule has 3 aromatic rings. The van der Waals surface area contributed by atoms with Crippen molar-refractivity contribution in [1.82, 2.24) is 0 Å². The third-order valence-corrected chi connectivity index (χ3v) is 3.80. The van der Waals surface area contributed by atoms with E-state index in [-0.39, 0.29) is 0 Å². The second-order valence-electron chi connectivity index (χ2n) is 5.67. The van der Waals surface area contributed by atoms with Crippen LogP contribution in [0, 0.1) is 22.7 Å². The minimum absolute atomic E-state index is 0.442. The molecule has 0 saturated heterocycles. The Morgan fingerprint density at radius 1 is 0.538 bits per heavy atom. The van der Waals surface area contributed by atoms with Gasteiger partial charge in [0.05, 0.1) is 23.3 Å². The molecule has 0 aromatic heterocycles. The molecule has 0 radical (unpaired) electrons. The Morgan fingerprint density at radius 2 is 0.885 bits per heavy atom. The summed E-state index contributed by atoms with van der Waals surface area (Å²) in [6.45, 7) is 0.883. The second kappa shape index (κ2) is 8.37. The molecule has 0 saturated carbocycles. The van der Waals surface area contributed by atoms with Gasteiger partial charge in [0.2, 0.25) is 0 Å². The zero-order valence-corrected chi connectivity index (χ0v) is 14.1. The first-order valence-corrected chi connectivity index (χ1v) is 8.10. The average molecular weight is 340 g/mol. The standard InChI is InChI=1S/C22H16N2O2/c23-13-17-1-5-19(6-2-17)15-25-21-9-11-22(12-10-21)26-16-20-7-3-18(14-24)4-8-20/h1-12H,15-16H2. The molecule has 0 aliphatic rings. The minimum atomic E-state index is 0.442. The molecule has 0 unspecified atom stereocenters. The maximum Gasteiger partial charge on any atom is 0.120 e. The summed E-state index contributed by atoms with van der Waals surface area (Å²) >= 11 is 0. The first-order valence-electron chi connectivity index (χ1n) is 8.10. The molecule has 0 N–H and O–H groups in total. The molecule has 4 nitrogen and oxygen atoms in total. The lowest BCUT2D eigenvalue weighted by Gasteiger charge is -2.09. The summed E-state index contributed by atoms with van der Waals surface area (Å²) in [6.07, 6.45) is 0. The molecule has 0 amide bonds. The van der Waals surface area contributed by atoms with Crippen molar-refractivity contribution in [3.63, 3.8) is 0 Å². The smallest absolute Gasteiger partial charge is 0.120 e. The number of hydrogen-bond donors (Lipinski definition) is 0. The van der Waals surface area contributed by atoms with Gasteiger partial charge in [-0.15, -0.1) is 0 Å². The van der Waals surface area contributed by atoms with E-state index in [1.165, 1.54) is 0 Å². The van der Waals surface area contributed by atoms with Crippen molar-refractivity contribution in [3.05, 3.63) is 95.1 Å². The molecule has 26 heavy (non-hydrogen) atoms. The fourth-order valence-electron chi connectivity index (χ4n) is 2.32. The van der Waals surface area contributed by atoms with Crippen LogP contribution in [0.4, 0.5) is 0 Å². The monoisotopic (exact) mass is 340 g/mol.